The molecule has 0 aromatic carbocycles. The Hall–Kier alpha value is -2.64. The van der Waals surface area contributed by atoms with Crippen molar-refractivity contribution in [2.24, 2.45) is 45.9 Å². The van der Waals surface area contributed by atoms with Crippen molar-refractivity contribution >= 4 is 30.7 Å². The molecule has 1 saturated heterocycles. The van der Waals surface area contributed by atoms with Crippen LogP contribution in [-0.2, 0) is 28.5 Å². The lowest BCUT2D eigenvalue weighted by molar-refractivity contribution is -0.176. The van der Waals surface area contributed by atoms with Crippen LogP contribution in [0.1, 0.15) is 66.2 Å². The standard InChI is InChI=1S/C28H52BN9O7/c1-14(39)19(36-22(40)16(32)10-12-31)24(42)37-21(33)25(43)35-17(7-5-6-11-30)23(41)38-26(34)29-44-18-9-8-15-13-27(2,3)20(15)28(18,4)45-29/h7,14-16,18-21,26,39H,5-6,8-13,30-34H2,1-4H3,(H,35,43)(H,36,40)(H,37,42)(H,38,41)/b17-7+/t14-,15?,16+,18?,19+,20+,21-,26-,28-/m1/s1. The number of hydrogen-bond acceptors (Lipinski definition) is 12. The molecule has 0 bridgehead atoms. The van der Waals surface area contributed by atoms with E-state index in [1.807, 2.05) is 0 Å². The highest BCUT2D eigenvalue weighted by molar-refractivity contribution is 6.47. The summed E-state index contributed by atoms with van der Waals surface area (Å²) in [6.07, 6.45) is 2.37. The average molecular weight is 638 g/mol. The molecule has 0 aromatic heterocycles. The van der Waals surface area contributed by atoms with Crippen LogP contribution >= 0.6 is 0 Å². The first kappa shape index (κ1) is 36.8. The average Bonchev–Trinajstić information content (AvgIpc) is 3.30. The van der Waals surface area contributed by atoms with E-state index in [1.165, 1.54) is 13.0 Å². The van der Waals surface area contributed by atoms with Crippen LogP contribution in [0.3, 0.4) is 0 Å². The number of nitrogens with one attached hydrogen (secondary N) is 4. The third kappa shape index (κ3) is 8.59. The largest absolute Gasteiger partial charge is 0.497 e. The van der Waals surface area contributed by atoms with Crippen molar-refractivity contribution in [3.63, 3.8) is 0 Å². The molecule has 2 saturated carbocycles. The van der Waals surface area contributed by atoms with Gasteiger partial charge in [0.15, 0.2) is 6.17 Å². The Balaban J connectivity index is 1.62. The highest BCUT2D eigenvalue weighted by atomic mass is 16.7. The third-order valence-electron chi connectivity index (χ3n) is 9.13. The topological polar surface area (TPSA) is 285 Å². The normalized spacial score (nSPS) is 28.7. The van der Waals surface area contributed by atoms with Gasteiger partial charge in [0.2, 0.25) is 11.8 Å². The summed E-state index contributed by atoms with van der Waals surface area (Å²) in [5.41, 5.74) is 28.4. The fraction of sp³-hybridized carbons (Fsp3) is 0.786. The number of aliphatic hydroxyl groups excluding tert-OH is 1. The number of amides is 4. The lowest BCUT2D eigenvalue weighted by Crippen LogP contribution is -2.63. The highest BCUT2D eigenvalue weighted by Gasteiger charge is 2.66. The summed E-state index contributed by atoms with van der Waals surface area (Å²) in [5, 5.41) is 19.7. The molecule has 45 heavy (non-hydrogen) atoms. The van der Waals surface area contributed by atoms with E-state index in [9.17, 15) is 24.3 Å². The summed E-state index contributed by atoms with van der Waals surface area (Å²) >= 11 is 0. The fourth-order valence-corrected chi connectivity index (χ4v) is 7.07. The van der Waals surface area contributed by atoms with Crippen LogP contribution in [0.5, 0.6) is 0 Å². The van der Waals surface area contributed by atoms with E-state index in [2.05, 4.69) is 42.0 Å². The number of nitrogens with two attached hydrogens (primary N) is 5. The van der Waals surface area contributed by atoms with Crippen molar-refractivity contribution in [2.45, 2.75) is 108 Å². The second kappa shape index (κ2) is 15.3. The second-order valence-electron chi connectivity index (χ2n) is 13.2. The van der Waals surface area contributed by atoms with Gasteiger partial charge in [-0.15, -0.1) is 0 Å². The van der Waals surface area contributed by atoms with Gasteiger partial charge in [-0.3, -0.25) is 19.2 Å². The van der Waals surface area contributed by atoms with Gasteiger partial charge in [-0.2, -0.15) is 0 Å². The molecule has 1 heterocycles. The molecule has 3 fully saturated rings. The highest BCUT2D eigenvalue weighted by Crippen LogP contribution is 2.63. The third-order valence-corrected chi connectivity index (χ3v) is 9.13. The zero-order chi connectivity index (χ0) is 33.7. The maximum absolute atomic E-state index is 13.3. The summed E-state index contributed by atoms with van der Waals surface area (Å²) in [7, 11) is -0.896. The predicted molar refractivity (Wildman–Crippen MR) is 167 cm³/mol. The lowest BCUT2D eigenvalue weighted by Gasteiger charge is -2.62. The quantitative estimate of drug-likeness (QED) is 0.0366. The summed E-state index contributed by atoms with van der Waals surface area (Å²) in [4.78, 5) is 51.3. The van der Waals surface area contributed by atoms with E-state index in [0.717, 1.165) is 19.3 Å². The first-order valence-corrected chi connectivity index (χ1v) is 15.7. The molecule has 0 aromatic rings. The second-order valence-corrected chi connectivity index (χ2v) is 13.2. The van der Waals surface area contributed by atoms with Gasteiger partial charge in [-0.25, -0.2) is 0 Å². The zero-order valence-electron chi connectivity index (χ0n) is 26.7. The summed E-state index contributed by atoms with van der Waals surface area (Å²) in [6.45, 7) is 8.28. The Bertz CT molecular complexity index is 1130. The predicted octanol–water partition coefficient (Wildman–Crippen LogP) is -3.27. The van der Waals surface area contributed by atoms with Crippen molar-refractivity contribution in [1.82, 2.24) is 21.3 Å². The number of carbonyl (C=O) groups is 4. The Kier molecular flexibility index (Phi) is 12.5. The molecule has 2 unspecified atom stereocenters. The molecule has 3 rings (SSSR count). The number of fused-ring (bicyclic) bond motifs is 3. The monoisotopic (exact) mass is 637 g/mol. The van der Waals surface area contributed by atoms with Crippen LogP contribution in [0.25, 0.3) is 0 Å². The van der Waals surface area contributed by atoms with Gasteiger partial charge in [-0.1, -0.05) is 19.9 Å². The molecular weight excluding hydrogens is 585 g/mol. The smallest absolute Gasteiger partial charge is 0.403 e. The van der Waals surface area contributed by atoms with Crippen LogP contribution in [0.4, 0.5) is 0 Å². The molecule has 4 amide bonds. The van der Waals surface area contributed by atoms with Crippen LogP contribution in [0, 0.1) is 17.3 Å². The first-order chi connectivity index (χ1) is 21.0. The Morgan fingerprint density at radius 1 is 1.00 bits per heavy atom. The SMILES string of the molecule is C[C@@H](O)[C@H](NC(=O)[C@@H](N)CCN)C(=O)N[C@@H](N)C(=O)N/C(=C/CCCN)C(=O)N[C@@H](N)B1OC2CCC3CC(C)(C)[C@H]3[C@]2(C)O1. The maximum Gasteiger partial charge on any atom is 0.497 e. The van der Waals surface area contributed by atoms with E-state index in [4.69, 9.17) is 38.0 Å². The summed E-state index contributed by atoms with van der Waals surface area (Å²) < 4.78 is 12.6. The van der Waals surface area contributed by atoms with Gasteiger partial charge in [0.1, 0.15) is 17.8 Å². The van der Waals surface area contributed by atoms with Crippen LogP contribution in [-0.4, -0.2) is 91.1 Å². The van der Waals surface area contributed by atoms with Gasteiger partial charge >= 0.3 is 7.12 Å². The molecule has 17 heteroatoms. The van der Waals surface area contributed by atoms with Crippen molar-refractivity contribution in [3.8, 4) is 0 Å². The first-order valence-electron chi connectivity index (χ1n) is 15.7. The number of unbranched alkanes of at least 4 members (excludes halogenated alkanes) is 1. The van der Waals surface area contributed by atoms with Crippen molar-refractivity contribution < 1.29 is 33.6 Å². The van der Waals surface area contributed by atoms with E-state index < -0.39 is 66.8 Å². The number of allylic oxidation sites excluding steroid dienone is 1. The Morgan fingerprint density at radius 3 is 2.29 bits per heavy atom. The molecule has 9 atom stereocenters. The molecule has 15 N–H and O–H groups in total. The molecule has 0 spiro atoms. The van der Waals surface area contributed by atoms with Crippen LogP contribution < -0.4 is 49.9 Å². The minimum absolute atomic E-state index is 0.110. The molecule has 0 radical (unpaired) electrons. The molecule has 254 valence electrons. The number of carbonyl (C=O) groups excluding carboxylic acids is 4. The minimum Gasteiger partial charge on any atom is -0.403 e. The lowest BCUT2D eigenvalue weighted by atomic mass is 9.46. The molecule has 3 aliphatic rings. The van der Waals surface area contributed by atoms with E-state index in [-0.39, 0.29) is 30.2 Å². The van der Waals surface area contributed by atoms with Gasteiger partial charge in [0, 0.05) is 0 Å². The Labute approximate surface area is 264 Å². The molecule has 1 aliphatic heterocycles. The maximum atomic E-state index is 13.3. The van der Waals surface area contributed by atoms with Crippen LogP contribution in [0.15, 0.2) is 11.8 Å². The molecule has 2 aliphatic carbocycles. The molecule has 16 nitrogen and oxygen atoms in total. The summed E-state index contributed by atoms with van der Waals surface area (Å²) in [5.74, 6) is -2.44. The van der Waals surface area contributed by atoms with Crippen LogP contribution in [0.2, 0.25) is 0 Å². The van der Waals surface area contributed by atoms with Crippen molar-refractivity contribution in [2.75, 3.05) is 13.1 Å². The van der Waals surface area contributed by atoms with E-state index in [0.29, 0.717) is 31.2 Å². The Morgan fingerprint density at radius 2 is 1.69 bits per heavy atom. The molecular formula is C28H52BN9O7. The number of aliphatic hydroxyl groups is 1. The zero-order valence-corrected chi connectivity index (χ0v) is 26.7. The van der Waals surface area contributed by atoms with Gasteiger partial charge < -0.3 is 64.4 Å². The number of hydrogen-bond donors (Lipinski definition) is 10. The van der Waals surface area contributed by atoms with E-state index in [1.54, 1.807) is 0 Å². The minimum atomic E-state index is -1.66. The summed E-state index contributed by atoms with van der Waals surface area (Å²) in [6, 6.07) is -3.51. The van der Waals surface area contributed by atoms with Crippen molar-refractivity contribution in [1.29, 1.82) is 0 Å². The van der Waals surface area contributed by atoms with Crippen molar-refractivity contribution in [3.05, 3.63) is 11.8 Å². The van der Waals surface area contributed by atoms with Gasteiger partial charge in [-0.05, 0) is 82.7 Å². The number of rotatable bonds is 15. The van der Waals surface area contributed by atoms with E-state index >= 15 is 0 Å². The fourth-order valence-electron chi connectivity index (χ4n) is 7.07. The van der Waals surface area contributed by atoms with Gasteiger partial charge in [0.05, 0.1) is 23.9 Å². The van der Waals surface area contributed by atoms with Gasteiger partial charge in [0.25, 0.3) is 11.8 Å².